The first kappa shape index (κ1) is 16.9. The Kier molecular flexibility index (Phi) is 4.90. The lowest BCUT2D eigenvalue weighted by Crippen LogP contribution is -2.07. The molecule has 0 aliphatic rings. The number of esters is 1. The predicted molar refractivity (Wildman–Crippen MR) is 97.8 cm³/mol. The molecular weight excluding hydrogens is 336 g/mol. The number of rotatable bonds is 4. The van der Waals surface area contributed by atoms with Gasteiger partial charge in [0.25, 0.3) is 0 Å². The summed E-state index contributed by atoms with van der Waals surface area (Å²) in [5.74, 6) is 0.100. The zero-order valence-corrected chi connectivity index (χ0v) is 14.6. The van der Waals surface area contributed by atoms with Gasteiger partial charge in [-0.15, -0.1) is 11.3 Å². The Hall–Kier alpha value is -2.99. The Labute approximate surface area is 149 Å². The second kappa shape index (κ2) is 7.27. The van der Waals surface area contributed by atoms with E-state index in [0.717, 1.165) is 21.6 Å². The van der Waals surface area contributed by atoms with Crippen LogP contribution < -0.4 is 4.74 Å². The number of phenolic OH excluding ortho intramolecular Hbond substituents is 1. The van der Waals surface area contributed by atoms with Crippen molar-refractivity contribution in [3.05, 3.63) is 69.3 Å². The van der Waals surface area contributed by atoms with Crippen molar-refractivity contribution >= 4 is 29.5 Å². The second-order valence-electron chi connectivity index (χ2n) is 5.48. The fraction of sp³-hybridized carbons (Fsp3) is 0.105. The number of hydrogen-bond acceptors (Lipinski definition) is 6. The molecule has 6 heteroatoms. The van der Waals surface area contributed by atoms with Crippen molar-refractivity contribution in [1.82, 2.24) is 9.97 Å². The van der Waals surface area contributed by atoms with Crippen LogP contribution in [-0.4, -0.2) is 21.0 Å². The van der Waals surface area contributed by atoms with Gasteiger partial charge in [0.05, 0.1) is 0 Å². The summed E-state index contributed by atoms with van der Waals surface area (Å²) in [5, 5.41) is 9.82. The molecule has 3 aromatic rings. The van der Waals surface area contributed by atoms with Crippen molar-refractivity contribution in [3.63, 3.8) is 0 Å². The maximum atomic E-state index is 12.1. The summed E-state index contributed by atoms with van der Waals surface area (Å²) in [7, 11) is 0. The van der Waals surface area contributed by atoms with Gasteiger partial charge in [0, 0.05) is 17.1 Å². The summed E-state index contributed by atoms with van der Waals surface area (Å²) >= 11 is 1.34. The zero-order valence-electron chi connectivity index (χ0n) is 13.8. The summed E-state index contributed by atoms with van der Waals surface area (Å²) in [6.45, 7) is 3.73. The molecular formula is C19H16N2O3S. The van der Waals surface area contributed by atoms with E-state index in [1.165, 1.54) is 29.9 Å². The molecule has 0 unspecified atom stereocenters. The molecule has 0 fully saturated rings. The van der Waals surface area contributed by atoms with Gasteiger partial charge in [0.15, 0.2) is 0 Å². The van der Waals surface area contributed by atoms with Crippen LogP contribution in [0.3, 0.4) is 0 Å². The quantitative estimate of drug-likeness (QED) is 0.711. The van der Waals surface area contributed by atoms with E-state index in [-0.39, 0.29) is 5.88 Å². The van der Waals surface area contributed by atoms with Gasteiger partial charge in [-0.05, 0) is 60.9 Å². The lowest BCUT2D eigenvalue weighted by molar-refractivity contribution is 0.0732. The van der Waals surface area contributed by atoms with Crippen LogP contribution in [0.25, 0.3) is 12.2 Å². The van der Waals surface area contributed by atoms with Crippen LogP contribution in [0, 0.1) is 13.8 Å². The minimum Gasteiger partial charge on any atom is -0.507 e. The number of aromatic nitrogens is 2. The lowest BCUT2D eigenvalue weighted by atomic mass is 10.1. The Morgan fingerprint density at radius 3 is 2.60 bits per heavy atom. The minimum absolute atomic E-state index is 0.223. The van der Waals surface area contributed by atoms with Crippen molar-refractivity contribution < 1.29 is 14.6 Å². The number of thiophene rings is 1. The summed E-state index contributed by atoms with van der Waals surface area (Å²) in [5.41, 5.74) is 2.66. The van der Waals surface area contributed by atoms with Crippen molar-refractivity contribution in [2.75, 3.05) is 0 Å². The van der Waals surface area contributed by atoms with Gasteiger partial charge in [-0.3, -0.25) is 0 Å². The van der Waals surface area contributed by atoms with Crippen LogP contribution >= 0.6 is 11.3 Å². The van der Waals surface area contributed by atoms with Crippen LogP contribution in [0.5, 0.6) is 11.6 Å². The third kappa shape index (κ3) is 4.10. The number of carbonyl (C=O) groups is 1. The molecule has 0 radical (unpaired) electrons. The molecule has 2 heterocycles. The summed E-state index contributed by atoms with van der Waals surface area (Å²) in [4.78, 5) is 21.2. The molecule has 0 saturated heterocycles. The number of nitrogens with zero attached hydrogens (tertiary/aromatic N) is 2. The van der Waals surface area contributed by atoms with E-state index >= 15 is 0 Å². The summed E-state index contributed by atoms with van der Waals surface area (Å²) < 4.78 is 5.19. The highest BCUT2D eigenvalue weighted by Crippen LogP contribution is 2.25. The summed E-state index contributed by atoms with van der Waals surface area (Å²) in [6.07, 6.45) is 6.72. The average molecular weight is 352 g/mol. The van der Waals surface area contributed by atoms with E-state index in [1.807, 2.05) is 44.2 Å². The average Bonchev–Trinajstić information content (AvgIpc) is 3.08. The molecule has 126 valence electrons. The van der Waals surface area contributed by atoms with Crippen LogP contribution in [0.15, 0.2) is 42.9 Å². The third-order valence-electron chi connectivity index (χ3n) is 3.53. The SMILES string of the molecule is Cc1cc(C=Cc2ccc(C(=O)Oc3ccncn3)s2)cc(C)c1O. The molecule has 0 saturated carbocycles. The maximum Gasteiger partial charge on any atom is 0.355 e. The first-order chi connectivity index (χ1) is 12.0. The molecule has 1 aromatic carbocycles. The molecule has 25 heavy (non-hydrogen) atoms. The topological polar surface area (TPSA) is 72.3 Å². The Morgan fingerprint density at radius 1 is 1.16 bits per heavy atom. The van der Waals surface area contributed by atoms with Gasteiger partial charge < -0.3 is 9.84 Å². The Balaban J connectivity index is 1.72. The van der Waals surface area contributed by atoms with E-state index in [0.29, 0.717) is 10.6 Å². The minimum atomic E-state index is -0.445. The van der Waals surface area contributed by atoms with E-state index in [9.17, 15) is 9.90 Å². The van der Waals surface area contributed by atoms with E-state index < -0.39 is 5.97 Å². The fourth-order valence-corrected chi connectivity index (χ4v) is 3.09. The maximum absolute atomic E-state index is 12.1. The number of aromatic hydroxyl groups is 1. The van der Waals surface area contributed by atoms with Crippen molar-refractivity contribution in [1.29, 1.82) is 0 Å². The first-order valence-electron chi connectivity index (χ1n) is 7.59. The summed E-state index contributed by atoms with van der Waals surface area (Å²) in [6, 6.07) is 8.94. The molecule has 0 amide bonds. The highest BCUT2D eigenvalue weighted by atomic mass is 32.1. The molecule has 3 rings (SSSR count). The molecule has 1 N–H and O–H groups in total. The van der Waals surface area contributed by atoms with Gasteiger partial charge >= 0.3 is 5.97 Å². The second-order valence-corrected chi connectivity index (χ2v) is 6.59. The molecule has 0 aliphatic carbocycles. The van der Waals surface area contributed by atoms with Crippen LogP contribution in [0.2, 0.25) is 0 Å². The predicted octanol–water partition coefficient (Wildman–Crippen LogP) is 4.25. The molecule has 0 aliphatic heterocycles. The molecule has 5 nitrogen and oxygen atoms in total. The lowest BCUT2D eigenvalue weighted by Gasteiger charge is -2.04. The van der Waals surface area contributed by atoms with Crippen molar-refractivity contribution in [3.8, 4) is 11.6 Å². The van der Waals surface area contributed by atoms with Gasteiger partial charge in [0.1, 0.15) is 17.0 Å². The molecule has 2 aromatic heterocycles. The van der Waals surface area contributed by atoms with Crippen molar-refractivity contribution in [2.24, 2.45) is 0 Å². The smallest absolute Gasteiger partial charge is 0.355 e. The number of ether oxygens (including phenoxy) is 1. The normalized spacial score (nSPS) is 11.0. The van der Waals surface area contributed by atoms with Crippen LogP contribution in [-0.2, 0) is 0 Å². The van der Waals surface area contributed by atoms with E-state index in [1.54, 1.807) is 6.07 Å². The Morgan fingerprint density at radius 2 is 1.92 bits per heavy atom. The Bertz CT molecular complexity index is 910. The highest BCUT2D eigenvalue weighted by Gasteiger charge is 2.11. The number of hydrogen-bond donors (Lipinski definition) is 1. The third-order valence-corrected chi connectivity index (χ3v) is 4.56. The standard InChI is InChI=1S/C19H16N2O3S/c1-12-9-14(10-13(2)18(12)22)3-4-15-5-6-16(25-15)19(23)24-17-7-8-20-11-21-17/h3-11,22H,1-2H3. The number of phenols is 1. The van der Waals surface area contributed by atoms with Crippen LogP contribution in [0.4, 0.5) is 0 Å². The zero-order chi connectivity index (χ0) is 17.8. The van der Waals surface area contributed by atoms with Crippen molar-refractivity contribution in [2.45, 2.75) is 13.8 Å². The highest BCUT2D eigenvalue weighted by molar-refractivity contribution is 7.14. The van der Waals surface area contributed by atoms with Crippen LogP contribution in [0.1, 0.15) is 31.2 Å². The van der Waals surface area contributed by atoms with Gasteiger partial charge in [0.2, 0.25) is 5.88 Å². The molecule has 0 bridgehead atoms. The number of carbonyl (C=O) groups excluding carboxylic acids is 1. The monoisotopic (exact) mass is 352 g/mol. The van der Waals surface area contributed by atoms with Gasteiger partial charge in [-0.25, -0.2) is 14.8 Å². The molecule has 0 atom stereocenters. The number of benzene rings is 1. The fourth-order valence-electron chi connectivity index (χ4n) is 2.30. The van der Waals surface area contributed by atoms with Gasteiger partial charge in [-0.2, -0.15) is 0 Å². The molecule has 0 spiro atoms. The van der Waals surface area contributed by atoms with E-state index in [4.69, 9.17) is 4.74 Å². The largest absolute Gasteiger partial charge is 0.507 e. The van der Waals surface area contributed by atoms with E-state index in [2.05, 4.69) is 9.97 Å². The number of aryl methyl sites for hydroxylation is 2. The van der Waals surface area contributed by atoms with Gasteiger partial charge in [-0.1, -0.05) is 6.08 Å². The first-order valence-corrected chi connectivity index (χ1v) is 8.41.